The largest absolute Gasteiger partial charge is 0.462 e. The molecule has 0 radical (unpaired) electrons. The number of likely N-dealkylation sites (N-methyl/N-ethyl adjacent to an activating group) is 1. The maximum atomic E-state index is 6.23. The lowest BCUT2D eigenvalue weighted by Gasteiger charge is -2.35. The van der Waals surface area contributed by atoms with Crippen molar-refractivity contribution in [3.63, 3.8) is 0 Å². The van der Waals surface area contributed by atoms with Crippen molar-refractivity contribution in [2.75, 3.05) is 62.7 Å². The molecule has 8 heteroatoms. The van der Waals surface area contributed by atoms with Gasteiger partial charge in [-0.05, 0) is 63.2 Å². The fourth-order valence-electron chi connectivity index (χ4n) is 5.56. The van der Waals surface area contributed by atoms with Gasteiger partial charge in [-0.1, -0.05) is 0 Å². The van der Waals surface area contributed by atoms with Crippen molar-refractivity contribution in [2.24, 2.45) is 0 Å². The van der Waals surface area contributed by atoms with Crippen molar-refractivity contribution >= 4 is 11.5 Å². The first-order chi connectivity index (χ1) is 16.3. The Hall–Kier alpha value is -2.45. The lowest BCUT2D eigenvalue weighted by Crippen LogP contribution is -2.45. The Morgan fingerprint density at radius 2 is 1.94 bits per heavy atom. The van der Waals surface area contributed by atoms with Gasteiger partial charge in [0.25, 0.3) is 0 Å². The van der Waals surface area contributed by atoms with Gasteiger partial charge in [-0.15, -0.1) is 0 Å². The minimum Gasteiger partial charge on any atom is -0.462 e. The van der Waals surface area contributed by atoms with Crippen LogP contribution in [0.3, 0.4) is 0 Å². The number of likely N-dealkylation sites (tertiary alicyclic amines) is 1. The first kappa shape index (κ1) is 21.1. The summed E-state index contributed by atoms with van der Waals surface area (Å²) in [7, 11) is 2.18. The highest BCUT2D eigenvalue weighted by Gasteiger charge is 2.31. The number of hydrogen-bond acceptors (Lipinski definition) is 8. The molecule has 8 nitrogen and oxygen atoms in total. The number of nitrogens with zero attached hydrogens (tertiary/aromatic N) is 6. The minimum absolute atomic E-state index is 0.459. The van der Waals surface area contributed by atoms with Crippen LogP contribution >= 0.6 is 0 Å². The normalized spacial score (nSPS) is 23.6. The van der Waals surface area contributed by atoms with Gasteiger partial charge in [-0.3, -0.25) is 4.98 Å². The maximum Gasteiger partial charge on any atom is 0.318 e. The van der Waals surface area contributed by atoms with E-state index in [1.54, 1.807) is 0 Å². The Labute approximate surface area is 196 Å². The lowest BCUT2D eigenvalue weighted by atomic mass is 10.0. The molecule has 176 valence electrons. The molecular weight excluding hydrogens is 414 g/mol. The Morgan fingerprint density at radius 3 is 2.73 bits per heavy atom. The van der Waals surface area contributed by atoms with E-state index in [1.165, 1.54) is 42.5 Å². The molecule has 0 amide bonds. The molecule has 4 aliphatic rings. The molecule has 0 bridgehead atoms. The van der Waals surface area contributed by atoms with Crippen LogP contribution in [0.4, 0.5) is 11.5 Å². The van der Waals surface area contributed by atoms with Crippen molar-refractivity contribution in [1.82, 2.24) is 25.2 Å². The molecule has 3 aliphatic heterocycles. The van der Waals surface area contributed by atoms with Gasteiger partial charge in [0.15, 0.2) is 0 Å². The first-order valence-corrected chi connectivity index (χ1v) is 12.6. The SMILES string of the molecule is CN1CCC[C@H]1COc1nc2c(c(N3CCNCC3)n1)CCN(c1cnccc1C1CC1)C2. The molecule has 2 aromatic rings. The number of hydrogen-bond donors (Lipinski definition) is 1. The summed E-state index contributed by atoms with van der Waals surface area (Å²) >= 11 is 0. The second-order valence-electron chi connectivity index (χ2n) is 9.96. The highest BCUT2D eigenvalue weighted by Crippen LogP contribution is 2.44. The van der Waals surface area contributed by atoms with Crippen molar-refractivity contribution in [2.45, 2.75) is 50.6 Å². The summed E-state index contributed by atoms with van der Waals surface area (Å²) < 4.78 is 6.23. The van der Waals surface area contributed by atoms with Gasteiger partial charge in [0, 0.05) is 50.5 Å². The first-order valence-electron chi connectivity index (χ1n) is 12.6. The van der Waals surface area contributed by atoms with Crippen LogP contribution in [0.15, 0.2) is 18.5 Å². The molecule has 2 aromatic heterocycles. The fourth-order valence-corrected chi connectivity index (χ4v) is 5.56. The second kappa shape index (κ2) is 9.06. The molecule has 1 N–H and O–H groups in total. The van der Waals surface area contributed by atoms with Gasteiger partial charge < -0.3 is 24.8 Å². The number of nitrogens with one attached hydrogen (secondary N) is 1. The smallest absolute Gasteiger partial charge is 0.318 e. The van der Waals surface area contributed by atoms with Crippen LogP contribution in [0.25, 0.3) is 0 Å². The molecule has 33 heavy (non-hydrogen) atoms. The average Bonchev–Trinajstić information content (AvgIpc) is 3.63. The van der Waals surface area contributed by atoms with Crippen molar-refractivity contribution in [3.05, 3.63) is 35.3 Å². The zero-order valence-corrected chi connectivity index (χ0v) is 19.7. The van der Waals surface area contributed by atoms with E-state index in [-0.39, 0.29) is 0 Å². The van der Waals surface area contributed by atoms with Crippen molar-refractivity contribution < 1.29 is 4.74 Å². The number of anilines is 2. The fraction of sp³-hybridized carbons (Fsp3) is 0.640. The summed E-state index contributed by atoms with van der Waals surface area (Å²) in [6.45, 7) is 7.53. The van der Waals surface area contributed by atoms with E-state index in [1.807, 2.05) is 12.4 Å². The van der Waals surface area contributed by atoms with Gasteiger partial charge in [0.2, 0.25) is 0 Å². The molecule has 1 saturated carbocycles. The van der Waals surface area contributed by atoms with E-state index in [9.17, 15) is 0 Å². The van der Waals surface area contributed by atoms with E-state index in [2.05, 4.69) is 38.1 Å². The number of ether oxygens (including phenoxy) is 1. The standard InChI is InChI=1S/C25H35N7O/c1-30-11-2-3-19(30)17-33-25-28-22-16-32(23-15-27-8-6-20(23)18-4-5-18)12-7-21(22)24(29-25)31-13-9-26-10-14-31/h6,8,15,18-19,26H,2-5,7,9-14,16-17H2,1H3/t19-/m0/s1. The Balaban J connectivity index is 1.29. The maximum absolute atomic E-state index is 6.23. The van der Waals surface area contributed by atoms with Crippen LogP contribution in [-0.4, -0.2) is 78.8 Å². The number of fused-ring (bicyclic) bond motifs is 1. The van der Waals surface area contributed by atoms with E-state index < -0.39 is 0 Å². The van der Waals surface area contributed by atoms with Crippen LogP contribution in [-0.2, 0) is 13.0 Å². The van der Waals surface area contributed by atoms with Gasteiger partial charge in [-0.25, -0.2) is 0 Å². The summed E-state index contributed by atoms with van der Waals surface area (Å²) in [6.07, 6.45) is 9.96. The minimum atomic E-state index is 0.459. The molecule has 0 unspecified atom stereocenters. The topological polar surface area (TPSA) is 69.7 Å². The third-order valence-electron chi connectivity index (χ3n) is 7.71. The average molecular weight is 450 g/mol. The summed E-state index contributed by atoms with van der Waals surface area (Å²) in [4.78, 5) is 21.7. The summed E-state index contributed by atoms with van der Waals surface area (Å²) in [5.74, 6) is 1.79. The third-order valence-corrected chi connectivity index (χ3v) is 7.71. The van der Waals surface area contributed by atoms with Gasteiger partial charge in [-0.2, -0.15) is 9.97 Å². The molecule has 2 saturated heterocycles. The van der Waals surface area contributed by atoms with Crippen molar-refractivity contribution in [1.29, 1.82) is 0 Å². The zero-order valence-electron chi connectivity index (χ0n) is 19.7. The highest BCUT2D eigenvalue weighted by molar-refractivity contribution is 5.59. The van der Waals surface area contributed by atoms with Crippen molar-refractivity contribution in [3.8, 4) is 6.01 Å². The quantitative estimate of drug-likeness (QED) is 0.720. The summed E-state index contributed by atoms with van der Waals surface area (Å²) in [5, 5.41) is 3.46. The number of aromatic nitrogens is 3. The number of piperazine rings is 1. The second-order valence-corrected chi connectivity index (χ2v) is 9.96. The Morgan fingerprint density at radius 1 is 1.06 bits per heavy atom. The molecule has 0 spiro atoms. The molecule has 0 aromatic carbocycles. The van der Waals surface area contributed by atoms with Crippen LogP contribution < -0.4 is 19.9 Å². The molecule has 5 heterocycles. The van der Waals surface area contributed by atoms with Gasteiger partial charge in [0.1, 0.15) is 12.4 Å². The molecule has 1 atom stereocenters. The molecule has 6 rings (SSSR count). The van der Waals surface area contributed by atoms with E-state index in [0.29, 0.717) is 24.6 Å². The van der Waals surface area contributed by atoms with E-state index in [4.69, 9.17) is 14.7 Å². The van der Waals surface area contributed by atoms with Crippen LogP contribution in [0.5, 0.6) is 6.01 Å². The van der Waals surface area contributed by atoms with E-state index >= 15 is 0 Å². The number of rotatable bonds is 6. The molecule has 1 aliphatic carbocycles. The monoisotopic (exact) mass is 449 g/mol. The lowest BCUT2D eigenvalue weighted by molar-refractivity contribution is 0.187. The molecular formula is C25H35N7O. The summed E-state index contributed by atoms with van der Waals surface area (Å²) in [6, 6.07) is 3.21. The van der Waals surface area contributed by atoms with E-state index in [0.717, 1.165) is 63.7 Å². The van der Waals surface area contributed by atoms with Gasteiger partial charge >= 0.3 is 6.01 Å². The van der Waals surface area contributed by atoms with Crippen LogP contribution in [0.2, 0.25) is 0 Å². The Kier molecular flexibility index (Phi) is 5.80. The predicted molar refractivity (Wildman–Crippen MR) is 129 cm³/mol. The third kappa shape index (κ3) is 4.38. The predicted octanol–water partition coefficient (Wildman–Crippen LogP) is 2.19. The van der Waals surface area contributed by atoms with Crippen LogP contribution in [0, 0.1) is 0 Å². The summed E-state index contributed by atoms with van der Waals surface area (Å²) in [5.41, 5.74) is 5.15. The van der Waals surface area contributed by atoms with Crippen LogP contribution in [0.1, 0.15) is 48.4 Å². The Bertz CT molecular complexity index is 989. The zero-order chi connectivity index (χ0) is 22.2. The number of pyridine rings is 1. The van der Waals surface area contributed by atoms with Gasteiger partial charge in [0.05, 0.1) is 24.1 Å². The highest BCUT2D eigenvalue weighted by atomic mass is 16.5. The molecule has 3 fully saturated rings.